The summed E-state index contributed by atoms with van der Waals surface area (Å²) in [4.78, 5) is 14.7. The number of ether oxygens (including phenoxy) is 2. The van der Waals surface area contributed by atoms with Crippen molar-refractivity contribution in [1.29, 1.82) is 0 Å². The van der Waals surface area contributed by atoms with Gasteiger partial charge in [0.05, 0.1) is 26.5 Å². The van der Waals surface area contributed by atoms with Gasteiger partial charge in [0, 0.05) is 22.9 Å². The Morgan fingerprint density at radius 3 is 2.77 bits per heavy atom. The van der Waals surface area contributed by atoms with Crippen LogP contribution in [-0.4, -0.2) is 54.9 Å². The number of aromatic nitrogens is 2. The highest BCUT2D eigenvalue weighted by molar-refractivity contribution is 7.08. The van der Waals surface area contributed by atoms with Crippen LogP contribution in [-0.2, 0) is 4.79 Å². The van der Waals surface area contributed by atoms with Crippen LogP contribution in [0.1, 0.15) is 24.7 Å². The van der Waals surface area contributed by atoms with Gasteiger partial charge in [0.25, 0.3) is 0 Å². The third-order valence-electron chi connectivity index (χ3n) is 5.19. The number of thiophene rings is 1. The number of nitrogens with one attached hydrogen (secondary N) is 1. The average Bonchev–Trinajstić information content (AvgIpc) is 3.46. The van der Waals surface area contributed by atoms with Crippen LogP contribution in [0.5, 0.6) is 11.5 Å². The zero-order valence-corrected chi connectivity index (χ0v) is 17.8. The third kappa shape index (κ3) is 4.63. The number of piperidine rings is 1. The number of hydrogen-bond acceptors (Lipinski definition) is 8. The second kappa shape index (κ2) is 9.27. The van der Waals surface area contributed by atoms with Gasteiger partial charge in [0.1, 0.15) is 11.5 Å². The number of carbonyl (C=O) groups excluding carboxylic acids is 1. The standard InChI is InChI=1S/C21H24N4O4S/c1-27-16-3-4-18(28-2)17(11-16)22-19(26)12-25-8-5-14(6-9-25)20-23-24-21(29-20)15-7-10-30-13-15/h3-4,7,10-11,13-14H,5-6,8-9,12H2,1-2H3,(H,22,26). The minimum absolute atomic E-state index is 0.0856. The van der Waals surface area contributed by atoms with Crippen LogP contribution in [0.25, 0.3) is 11.5 Å². The maximum Gasteiger partial charge on any atom is 0.248 e. The van der Waals surface area contributed by atoms with E-state index in [-0.39, 0.29) is 11.8 Å². The van der Waals surface area contributed by atoms with E-state index in [1.807, 2.05) is 16.8 Å². The molecule has 0 radical (unpaired) electrons. The summed E-state index contributed by atoms with van der Waals surface area (Å²) in [6.07, 6.45) is 1.75. The molecule has 0 unspecified atom stereocenters. The summed E-state index contributed by atoms with van der Waals surface area (Å²) >= 11 is 1.60. The van der Waals surface area contributed by atoms with Crippen LogP contribution < -0.4 is 14.8 Å². The predicted octanol–water partition coefficient (Wildman–Crippen LogP) is 3.63. The van der Waals surface area contributed by atoms with E-state index in [9.17, 15) is 4.79 Å². The molecular formula is C21H24N4O4S. The highest BCUT2D eigenvalue weighted by Gasteiger charge is 2.26. The Hall–Kier alpha value is -2.91. The molecule has 9 heteroatoms. The maximum atomic E-state index is 12.5. The monoisotopic (exact) mass is 428 g/mol. The summed E-state index contributed by atoms with van der Waals surface area (Å²) in [6, 6.07) is 7.29. The van der Waals surface area contributed by atoms with E-state index in [2.05, 4.69) is 20.4 Å². The van der Waals surface area contributed by atoms with Crippen molar-refractivity contribution in [3.8, 4) is 23.0 Å². The van der Waals surface area contributed by atoms with Gasteiger partial charge in [-0.2, -0.15) is 11.3 Å². The van der Waals surface area contributed by atoms with Crippen molar-refractivity contribution >= 4 is 22.9 Å². The highest BCUT2D eigenvalue weighted by Crippen LogP contribution is 2.31. The number of likely N-dealkylation sites (tertiary alicyclic amines) is 1. The molecule has 158 valence electrons. The van der Waals surface area contributed by atoms with Crippen molar-refractivity contribution in [1.82, 2.24) is 15.1 Å². The summed E-state index contributed by atoms with van der Waals surface area (Å²) in [5.41, 5.74) is 1.56. The number of amides is 1. The van der Waals surface area contributed by atoms with Crippen molar-refractivity contribution in [3.05, 3.63) is 40.9 Å². The van der Waals surface area contributed by atoms with Gasteiger partial charge in [-0.25, -0.2) is 0 Å². The van der Waals surface area contributed by atoms with Gasteiger partial charge >= 0.3 is 0 Å². The van der Waals surface area contributed by atoms with Crippen molar-refractivity contribution in [3.63, 3.8) is 0 Å². The molecule has 3 heterocycles. The number of benzene rings is 1. The molecule has 0 atom stereocenters. The number of anilines is 1. The molecule has 0 saturated carbocycles. The van der Waals surface area contributed by atoms with Gasteiger partial charge in [0.15, 0.2) is 0 Å². The number of rotatable bonds is 7. The third-order valence-corrected chi connectivity index (χ3v) is 5.88. The van der Waals surface area contributed by atoms with Crippen LogP contribution in [0.4, 0.5) is 5.69 Å². The average molecular weight is 429 g/mol. The second-order valence-corrected chi connectivity index (χ2v) is 7.90. The fraction of sp³-hybridized carbons (Fsp3) is 0.381. The zero-order chi connectivity index (χ0) is 20.9. The maximum absolute atomic E-state index is 12.5. The molecule has 1 saturated heterocycles. The van der Waals surface area contributed by atoms with Crippen LogP contribution in [0.15, 0.2) is 39.4 Å². The van der Waals surface area contributed by atoms with Crippen molar-refractivity contribution in [2.75, 3.05) is 39.2 Å². The lowest BCUT2D eigenvalue weighted by Crippen LogP contribution is -2.38. The Morgan fingerprint density at radius 2 is 2.07 bits per heavy atom. The molecule has 3 aromatic rings. The van der Waals surface area contributed by atoms with E-state index in [1.54, 1.807) is 43.8 Å². The highest BCUT2D eigenvalue weighted by atomic mass is 32.1. The lowest BCUT2D eigenvalue weighted by molar-refractivity contribution is -0.117. The first-order valence-corrected chi connectivity index (χ1v) is 10.7. The van der Waals surface area contributed by atoms with Gasteiger partial charge < -0.3 is 19.2 Å². The fourth-order valence-corrected chi connectivity index (χ4v) is 4.17. The molecule has 8 nitrogen and oxygen atoms in total. The van der Waals surface area contributed by atoms with Gasteiger partial charge in [-0.1, -0.05) is 0 Å². The molecule has 0 spiro atoms. The summed E-state index contributed by atoms with van der Waals surface area (Å²) in [7, 11) is 3.16. The van der Waals surface area contributed by atoms with Crippen LogP contribution >= 0.6 is 11.3 Å². The number of carbonyl (C=O) groups is 1. The van der Waals surface area contributed by atoms with Gasteiger partial charge in [-0.05, 0) is 49.5 Å². The quantitative estimate of drug-likeness (QED) is 0.614. The molecule has 1 aromatic carbocycles. The van der Waals surface area contributed by atoms with Crippen LogP contribution in [0, 0.1) is 0 Å². The Morgan fingerprint density at radius 1 is 1.23 bits per heavy atom. The lowest BCUT2D eigenvalue weighted by Gasteiger charge is -2.29. The first-order chi connectivity index (χ1) is 14.7. The Labute approximate surface area is 178 Å². The fourth-order valence-electron chi connectivity index (χ4n) is 3.54. The van der Waals surface area contributed by atoms with Crippen LogP contribution in [0.2, 0.25) is 0 Å². The summed E-state index contributed by atoms with van der Waals surface area (Å²) < 4.78 is 16.4. The van der Waals surface area contributed by atoms with Gasteiger partial charge in [-0.3, -0.25) is 9.69 Å². The molecule has 1 N–H and O–H groups in total. The van der Waals surface area contributed by atoms with Crippen molar-refractivity contribution in [2.24, 2.45) is 0 Å². The molecular weight excluding hydrogens is 404 g/mol. The Balaban J connectivity index is 1.30. The largest absolute Gasteiger partial charge is 0.497 e. The summed E-state index contributed by atoms with van der Waals surface area (Å²) in [5.74, 6) is 2.65. The number of nitrogens with zero attached hydrogens (tertiary/aromatic N) is 3. The van der Waals surface area contributed by atoms with Gasteiger partial charge in [0.2, 0.25) is 17.7 Å². The molecule has 1 aliphatic rings. The number of methoxy groups -OCH3 is 2. The first kappa shape index (κ1) is 20.4. The molecule has 1 aliphatic heterocycles. The predicted molar refractivity (Wildman–Crippen MR) is 114 cm³/mol. The molecule has 4 rings (SSSR count). The Kier molecular flexibility index (Phi) is 6.29. The molecule has 0 aliphatic carbocycles. The van der Waals surface area contributed by atoms with E-state index in [0.717, 1.165) is 31.5 Å². The molecule has 1 amide bonds. The SMILES string of the molecule is COc1ccc(OC)c(NC(=O)CN2CCC(c3nnc(-c4ccsc4)o3)CC2)c1. The first-order valence-electron chi connectivity index (χ1n) is 9.76. The summed E-state index contributed by atoms with van der Waals surface area (Å²) in [5, 5.41) is 15.3. The van der Waals surface area contributed by atoms with Gasteiger partial charge in [-0.15, -0.1) is 10.2 Å². The van der Waals surface area contributed by atoms with E-state index in [1.165, 1.54) is 0 Å². The molecule has 2 aromatic heterocycles. The lowest BCUT2D eigenvalue weighted by atomic mass is 9.97. The normalized spacial score (nSPS) is 15.1. The van der Waals surface area contributed by atoms with Crippen molar-refractivity contribution in [2.45, 2.75) is 18.8 Å². The molecule has 30 heavy (non-hydrogen) atoms. The topological polar surface area (TPSA) is 89.7 Å². The summed E-state index contributed by atoms with van der Waals surface area (Å²) in [6.45, 7) is 1.91. The van der Waals surface area contributed by atoms with Crippen LogP contribution in [0.3, 0.4) is 0 Å². The van der Waals surface area contributed by atoms with E-state index in [0.29, 0.717) is 35.5 Å². The van der Waals surface area contributed by atoms with E-state index in [4.69, 9.17) is 13.9 Å². The molecule has 1 fully saturated rings. The number of hydrogen-bond donors (Lipinski definition) is 1. The van der Waals surface area contributed by atoms with E-state index < -0.39 is 0 Å². The van der Waals surface area contributed by atoms with E-state index >= 15 is 0 Å². The van der Waals surface area contributed by atoms with Crippen molar-refractivity contribution < 1.29 is 18.7 Å². The Bertz CT molecular complexity index is 981. The minimum atomic E-state index is -0.0856. The smallest absolute Gasteiger partial charge is 0.248 e. The zero-order valence-electron chi connectivity index (χ0n) is 17.0. The minimum Gasteiger partial charge on any atom is -0.497 e. The second-order valence-electron chi connectivity index (χ2n) is 7.12. The molecule has 0 bridgehead atoms.